The van der Waals surface area contributed by atoms with Gasteiger partial charge in [0.25, 0.3) is 11.8 Å². The second kappa shape index (κ2) is 11.4. The third kappa shape index (κ3) is 6.31. The topological polar surface area (TPSA) is 167 Å². The molecule has 10 nitrogen and oxygen atoms in total. The highest BCUT2D eigenvalue weighted by Gasteiger charge is 2.21. The number of hydrogen-bond donors (Lipinski definition) is 4. The first-order valence-corrected chi connectivity index (χ1v) is 13.6. The van der Waals surface area contributed by atoms with Crippen LogP contribution in [0.15, 0.2) is 94.7 Å². The second-order valence-electron chi connectivity index (χ2n) is 9.17. The predicted octanol–water partition coefficient (Wildman–Crippen LogP) is 5.04. The molecule has 0 bridgehead atoms. The van der Waals surface area contributed by atoms with Crippen molar-refractivity contribution in [3.05, 3.63) is 118 Å². The van der Waals surface area contributed by atoms with Gasteiger partial charge in [0, 0.05) is 11.4 Å². The van der Waals surface area contributed by atoms with Gasteiger partial charge in [0.1, 0.15) is 0 Å². The van der Waals surface area contributed by atoms with Gasteiger partial charge in [0.2, 0.25) is 9.84 Å². The molecule has 0 aliphatic heterocycles. The van der Waals surface area contributed by atoms with E-state index in [-0.39, 0.29) is 43.4 Å². The first-order valence-electron chi connectivity index (χ1n) is 12.1. The highest BCUT2D eigenvalue weighted by atomic mass is 32.2. The van der Waals surface area contributed by atoms with E-state index in [2.05, 4.69) is 10.6 Å². The number of aryl methyl sites for hydroxylation is 2. The largest absolute Gasteiger partial charge is 0.478 e. The van der Waals surface area contributed by atoms with E-state index in [9.17, 15) is 37.8 Å². The van der Waals surface area contributed by atoms with Crippen molar-refractivity contribution in [3.8, 4) is 0 Å². The lowest BCUT2D eigenvalue weighted by molar-refractivity contribution is 0.0683. The van der Waals surface area contributed by atoms with E-state index >= 15 is 0 Å². The minimum Gasteiger partial charge on any atom is -0.478 e. The molecule has 0 aliphatic carbocycles. The number of carbonyl (C=O) groups excluding carboxylic acids is 2. The molecule has 2 amide bonds. The molecule has 0 saturated carbocycles. The lowest BCUT2D eigenvalue weighted by Gasteiger charge is -2.11. The van der Waals surface area contributed by atoms with E-state index < -0.39 is 33.6 Å². The molecular formula is C30H24N2O8S. The van der Waals surface area contributed by atoms with E-state index in [1.165, 1.54) is 72.8 Å². The molecular weight excluding hydrogens is 548 g/mol. The number of nitrogens with one attached hydrogen (secondary N) is 2. The van der Waals surface area contributed by atoms with Crippen LogP contribution in [0.3, 0.4) is 0 Å². The molecule has 4 rings (SSSR count). The molecule has 4 N–H and O–H groups in total. The summed E-state index contributed by atoms with van der Waals surface area (Å²) in [5, 5.41) is 23.9. The lowest BCUT2D eigenvalue weighted by atomic mass is 10.0. The Hall–Kier alpha value is -5.29. The van der Waals surface area contributed by atoms with Crippen molar-refractivity contribution < 1.29 is 37.8 Å². The van der Waals surface area contributed by atoms with E-state index in [0.717, 1.165) is 0 Å². The Bertz CT molecular complexity index is 1670. The molecule has 0 unspecified atom stereocenters. The van der Waals surface area contributed by atoms with Gasteiger partial charge in [-0.1, -0.05) is 23.3 Å². The van der Waals surface area contributed by atoms with Gasteiger partial charge in [-0.15, -0.1) is 0 Å². The summed E-state index contributed by atoms with van der Waals surface area (Å²) < 4.78 is 26.3. The van der Waals surface area contributed by atoms with Crippen molar-refractivity contribution in [2.45, 2.75) is 23.6 Å². The van der Waals surface area contributed by atoms with Gasteiger partial charge in [0.05, 0.1) is 32.0 Å². The standard InChI is InChI=1S/C30H24N2O8S/c1-17-3-13-23(29(35)36)25(15-17)27(33)31-19-5-9-21(10-6-19)41(39,40)22-11-7-20(8-12-22)32-28(34)26-16-18(2)4-14-24(26)30(37)38/h3-16H,1-2H3,(H,31,33)(H,32,34)(H,35,36)(H,37,38). The maximum atomic E-state index is 13.2. The summed E-state index contributed by atoms with van der Waals surface area (Å²) in [6.45, 7) is 3.45. The number of benzene rings is 4. The quantitative estimate of drug-likeness (QED) is 0.228. The molecule has 4 aromatic carbocycles. The number of carboxylic acids is 2. The Kier molecular flexibility index (Phi) is 8.01. The average Bonchev–Trinajstić information content (AvgIpc) is 2.93. The van der Waals surface area contributed by atoms with Crippen molar-refractivity contribution in [1.29, 1.82) is 0 Å². The number of amides is 2. The third-order valence-corrected chi connectivity index (χ3v) is 7.93. The number of carbonyl (C=O) groups is 4. The van der Waals surface area contributed by atoms with E-state index in [1.807, 2.05) is 0 Å². The van der Waals surface area contributed by atoms with Crippen LogP contribution >= 0.6 is 0 Å². The molecule has 11 heteroatoms. The van der Waals surface area contributed by atoms with Crippen LogP contribution in [0, 0.1) is 13.8 Å². The number of carboxylic acid groups (broad SMARTS) is 2. The van der Waals surface area contributed by atoms with Crippen LogP contribution < -0.4 is 10.6 Å². The first-order chi connectivity index (χ1) is 19.4. The summed E-state index contributed by atoms with van der Waals surface area (Å²) >= 11 is 0. The molecule has 0 fully saturated rings. The molecule has 0 radical (unpaired) electrons. The fraction of sp³-hybridized carbons (Fsp3) is 0.0667. The average molecular weight is 573 g/mol. The zero-order valence-corrected chi connectivity index (χ0v) is 22.7. The summed E-state index contributed by atoms with van der Waals surface area (Å²) in [6.07, 6.45) is 0. The van der Waals surface area contributed by atoms with Crippen LogP contribution in [0.4, 0.5) is 11.4 Å². The Balaban J connectivity index is 1.49. The Morgan fingerprint density at radius 1 is 0.537 bits per heavy atom. The van der Waals surface area contributed by atoms with E-state index in [4.69, 9.17) is 0 Å². The smallest absolute Gasteiger partial charge is 0.336 e. The first kappa shape index (κ1) is 28.7. The summed E-state index contributed by atoms with van der Waals surface area (Å²) in [6, 6.07) is 19.5. The maximum absolute atomic E-state index is 13.2. The fourth-order valence-corrected chi connectivity index (χ4v) is 5.29. The van der Waals surface area contributed by atoms with E-state index in [0.29, 0.717) is 11.1 Å². The van der Waals surface area contributed by atoms with Gasteiger partial charge in [-0.2, -0.15) is 0 Å². The number of anilines is 2. The maximum Gasteiger partial charge on any atom is 0.336 e. The van der Waals surface area contributed by atoms with Crippen LogP contribution in [0.25, 0.3) is 0 Å². The van der Waals surface area contributed by atoms with Gasteiger partial charge < -0.3 is 20.8 Å². The second-order valence-corrected chi connectivity index (χ2v) is 11.1. The Morgan fingerprint density at radius 3 is 1.20 bits per heavy atom. The van der Waals surface area contributed by atoms with Crippen LogP contribution in [0.5, 0.6) is 0 Å². The predicted molar refractivity (Wildman–Crippen MR) is 151 cm³/mol. The van der Waals surface area contributed by atoms with Gasteiger partial charge >= 0.3 is 11.9 Å². The van der Waals surface area contributed by atoms with Crippen LogP contribution in [-0.2, 0) is 9.84 Å². The zero-order valence-electron chi connectivity index (χ0n) is 21.8. The van der Waals surface area contributed by atoms with Crippen molar-refractivity contribution in [1.82, 2.24) is 0 Å². The molecule has 0 aliphatic rings. The number of rotatable bonds is 8. The summed E-state index contributed by atoms with van der Waals surface area (Å²) in [7, 11) is -3.96. The molecule has 4 aromatic rings. The van der Waals surface area contributed by atoms with Gasteiger partial charge in [-0.05, 0) is 86.6 Å². The molecule has 0 aromatic heterocycles. The van der Waals surface area contributed by atoms with Crippen LogP contribution in [0.1, 0.15) is 52.6 Å². The van der Waals surface area contributed by atoms with Gasteiger partial charge in [-0.25, -0.2) is 18.0 Å². The Labute approximate surface area is 235 Å². The summed E-state index contributed by atoms with van der Waals surface area (Å²) in [4.78, 5) is 48.3. The molecule has 0 heterocycles. The number of hydrogen-bond acceptors (Lipinski definition) is 6. The summed E-state index contributed by atoms with van der Waals surface area (Å²) in [5.74, 6) is -3.80. The highest BCUT2D eigenvalue weighted by Crippen LogP contribution is 2.25. The fourth-order valence-electron chi connectivity index (χ4n) is 4.03. The summed E-state index contributed by atoms with van der Waals surface area (Å²) in [5.41, 5.74) is 1.57. The third-order valence-electron chi connectivity index (χ3n) is 6.15. The van der Waals surface area contributed by atoms with Gasteiger partial charge in [0.15, 0.2) is 0 Å². The minimum atomic E-state index is -3.96. The SMILES string of the molecule is Cc1ccc(C(=O)O)c(C(=O)Nc2ccc(S(=O)(=O)c3ccc(NC(=O)c4cc(C)ccc4C(=O)O)cc3)cc2)c1. The van der Waals surface area contributed by atoms with Crippen molar-refractivity contribution >= 4 is 45.0 Å². The number of sulfone groups is 1. The van der Waals surface area contributed by atoms with Crippen molar-refractivity contribution in [2.24, 2.45) is 0 Å². The minimum absolute atomic E-state index is 0.0250. The molecule has 0 atom stereocenters. The monoisotopic (exact) mass is 572 g/mol. The molecule has 208 valence electrons. The lowest BCUT2D eigenvalue weighted by Crippen LogP contribution is -2.17. The van der Waals surface area contributed by atoms with E-state index in [1.54, 1.807) is 26.0 Å². The normalized spacial score (nSPS) is 11.0. The molecule has 41 heavy (non-hydrogen) atoms. The molecule has 0 spiro atoms. The molecule has 0 saturated heterocycles. The van der Waals surface area contributed by atoms with Crippen molar-refractivity contribution in [3.63, 3.8) is 0 Å². The number of aromatic carboxylic acids is 2. The van der Waals surface area contributed by atoms with Crippen LogP contribution in [-0.4, -0.2) is 42.4 Å². The van der Waals surface area contributed by atoms with Crippen LogP contribution in [0.2, 0.25) is 0 Å². The highest BCUT2D eigenvalue weighted by molar-refractivity contribution is 7.91. The Morgan fingerprint density at radius 2 is 0.878 bits per heavy atom. The van der Waals surface area contributed by atoms with Crippen molar-refractivity contribution in [2.75, 3.05) is 10.6 Å². The zero-order chi connectivity index (χ0) is 29.9. The van der Waals surface area contributed by atoms with Gasteiger partial charge in [-0.3, -0.25) is 9.59 Å².